The number of carbonyl (C=O) groups is 3. The molecular formula is C33H36O9Se. The molecule has 10 atom stereocenters. The van der Waals surface area contributed by atoms with Crippen LogP contribution in [-0.2, 0) is 33.3 Å². The van der Waals surface area contributed by atoms with Crippen molar-refractivity contribution >= 4 is 36.2 Å². The van der Waals surface area contributed by atoms with Gasteiger partial charge in [-0.25, -0.2) is 0 Å². The summed E-state index contributed by atoms with van der Waals surface area (Å²) in [6, 6.07) is 11.5. The number of benzene rings is 1. The summed E-state index contributed by atoms with van der Waals surface area (Å²) in [5, 5.41) is 0. The van der Waals surface area contributed by atoms with E-state index in [1.165, 1.54) is 0 Å². The van der Waals surface area contributed by atoms with Crippen molar-refractivity contribution in [3.63, 3.8) is 0 Å². The number of furan rings is 1. The van der Waals surface area contributed by atoms with E-state index in [-0.39, 0.29) is 41.8 Å². The van der Waals surface area contributed by atoms with Crippen LogP contribution >= 0.6 is 0 Å². The minimum atomic E-state index is -0.955. The van der Waals surface area contributed by atoms with Crippen LogP contribution in [0.15, 0.2) is 53.3 Å². The fourth-order valence-corrected chi connectivity index (χ4v) is 11.9. The molecule has 4 aliphatic heterocycles. The zero-order chi connectivity index (χ0) is 30.0. The van der Waals surface area contributed by atoms with Gasteiger partial charge in [0, 0.05) is 0 Å². The van der Waals surface area contributed by atoms with Gasteiger partial charge in [-0.05, 0) is 0 Å². The molecule has 10 heteroatoms. The van der Waals surface area contributed by atoms with Crippen molar-refractivity contribution in [1.29, 1.82) is 0 Å². The molecule has 0 N–H and O–H groups in total. The average Bonchev–Trinajstić information content (AvgIpc) is 3.45. The predicted molar refractivity (Wildman–Crippen MR) is 151 cm³/mol. The van der Waals surface area contributed by atoms with Crippen molar-refractivity contribution in [2.75, 3.05) is 6.61 Å². The number of rotatable bonds is 4. The van der Waals surface area contributed by atoms with Crippen LogP contribution in [0.2, 0.25) is 0 Å². The third kappa shape index (κ3) is 3.44. The molecule has 9 nitrogen and oxygen atoms in total. The molecule has 1 aromatic heterocycles. The van der Waals surface area contributed by atoms with Crippen LogP contribution in [0.4, 0.5) is 4.79 Å². The zero-order valence-corrected chi connectivity index (χ0v) is 26.4. The van der Waals surface area contributed by atoms with Gasteiger partial charge in [-0.3, -0.25) is 0 Å². The van der Waals surface area contributed by atoms with Gasteiger partial charge < -0.3 is 0 Å². The van der Waals surface area contributed by atoms with Gasteiger partial charge in [-0.2, -0.15) is 0 Å². The third-order valence-corrected chi connectivity index (χ3v) is 13.7. The molecule has 2 aliphatic carbocycles. The molecule has 2 aromatic rings. The number of esters is 2. The van der Waals surface area contributed by atoms with Crippen molar-refractivity contribution in [2.45, 2.75) is 89.0 Å². The van der Waals surface area contributed by atoms with Gasteiger partial charge >= 0.3 is 257 Å². The quantitative estimate of drug-likeness (QED) is 0.208. The predicted octanol–water partition coefficient (Wildman–Crippen LogP) is 4.10. The van der Waals surface area contributed by atoms with E-state index in [1.54, 1.807) is 12.5 Å². The summed E-state index contributed by atoms with van der Waals surface area (Å²) in [5.74, 6) is -0.794. The standard InChI is InChI=1S/C33H36O9Se/c1-29(2)21-14-22(39-28(36)43-19-8-6-5-7-9-19)31(4)20(32(21)17-38-24(34)15-23(32)41-29)10-12-30(3)25(18-11-13-37-16-18)40-27(35)26-33(30,31)42-26/h5-9,11,13,16,20-23,25-26H,10,12,14-15,17H2,1-4H3/t20-,21-,22+,23-,25-,26+,30-,31-,32+,33+/m0/s1. The Bertz CT molecular complexity index is 1490. The normalized spacial score (nSPS) is 45.3. The SMILES string of the molecule is CC1(C)O[C@H]2CC(=O)OC[C@]23[C@H]2CC[C@@]4(C)[C@H](c5ccoc5)OC(=O)[C@H]5O[C@]54[C@]2(C)[C@H](OC(=O)[Se]c2ccccc2)C[C@@H]13. The van der Waals surface area contributed by atoms with E-state index >= 15 is 0 Å². The molecule has 6 fully saturated rings. The first-order valence-corrected chi connectivity index (χ1v) is 16.9. The molecular weight excluding hydrogens is 619 g/mol. The van der Waals surface area contributed by atoms with Crippen molar-refractivity contribution in [3.8, 4) is 0 Å². The number of cyclic esters (lactones) is 2. The number of epoxide rings is 1. The maximum atomic E-state index is 13.7. The molecule has 8 rings (SSSR count). The Morgan fingerprint density at radius 3 is 2.53 bits per heavy atom. The molecule has 43 heavy (non-hydrogen) atoms. The average molecular weight is 656 g/mol. The molecule has 228 valence electrons. The monoisotopic (exact) mass is 656 g/mol. The number of hydrogen-bond acceptors (Lipinski definition) is 9. The molecule has 6 aliphatic rings. The van der Waals surface area contributed by atoms with Gasteiger partial charge in [0.15, 0.2) is 0 Å². The summed E-state index contributed by atoms with van der Waals surface area (Å²) in [4.78, 5) is 39.7. The van der Waals surface area contributed by atoms with Gasteiger partial charge in [0.1, 0.15) is 0 Å². The van der Waals surface area contributed by atoms with Crippen LogP contribution in [-0.4, -0.2) is 67.9 Å². The van der Waals surface area contributed by atoms with E-state index in [9.17, 15) is 14.4 Å². The Labute approximate surface area is 256 Å². The summed E-state index contributed by atoms with van der Waals surface area (Å²) in [7, 11) is 0. The van der Waals surface area contributed by atoms with Crippen molar-refractivity contribution in [3.05, 3.63) is 54.5 Å². The molecule has 0 unspecified atom stereocenters. The molecule has 1 aromatic carbocycles. The van der Waals surface area contributed by atoms with E-state index in [0.717, 1.165) is 16.4 Å². The number of carbonyl (C=O) groups excluding carboxylic acids is 3. The zero-order valence-electron chi connectivity index (χ0n) is 24.7. The summed E-state index contributed by atoms with van der Waals surface area (Å²) in [6.45, 7) is 8.69. The first kappa shape index (κ1) is 27.9. The Morgan fingerprint density at radius 1 is 1.00 bits per heavy atom. The summed E-state index contributed by atoms with van der Waals surface area (Å²) in [5.41, 5.74) is -2.65. The first-order chi connectivity index (χ1) is 20.5. The Balaban J connectivity index is 1.27. The first-order valence-electron chi connectivity index (χ1n) is 15.1. The Kier molecular flexibility index (Phi) is 5.81. The molecule has 0 bridgehead atoms. The number of hydrogen-bond donors (Lipinski definition) is 0. The Morgan fingerprint density at radius 2 is 1.79 bits per heavy atom. The van der Waals surface area contributed by atoms with Gasteiger partial charge in [-0.15, -0.1) is 0 Å². The summed E-state index contributed by atoms with van der Waals surface area (Å²) in [6.07, 6.45) is 3.14. The van der Waals surface area contributed by atoms with E-state index < -0.39 is 66.7 Å². The minimum absolute atomic E-state index is 0.0311. The molecule has 2 spiro atoms. The summed E-state index contributed by atoms with van der Waals surface area (Å²) < 4.78 is 38.3. The second-order valence-electron chi connectivity index (χ2n) is 14.1. The summed E-state index contributed by atoms with van der Waals surface area (Å²) >= 11 is -0.545. The second-order valence-corrected chi connectivity index (χ2v) is 16.3. The van der Waals surface area contributed by atoms with Crippen LogP contribution in [0.25, 0.3) is 0 Å². The third-order valence-electron chi connectivity index (χ3n) is 12.1. The second kappa shape index (κ2) is 8.96. The van der Waals surface area contributed by atoms with Crippen molar-refractivity contribution in [1.82, 2.24) is 0 Å². The van der Waals surface area contributed by atoms with E-state index in [4.69, 9.17) is 28.1 Å². The van der Waals surface area contributed by atoms with Gasteiger partial charge in [-0.1, -0.05) is 0 Å². The number of fused-ring (bicyclic) bond motifs is 1. The fraction of sp³-hybridized carbons (Fsp3) is 0.606. The van der Waals surface area contributed by atoms with Crippen LogP contribution in [0.1, 0.15) is 65.0 Å². The maximum absolute atomic E-state index is 13.7. The fourth-order valence-electron chi connectivity index (χ4n) is 10.5. The van der Waals surface area contributed by atoms with Gasteiger partial charge in [0.25, 0.3) is 0 Å². The van der Waals surface area contributed by atoms with E-state index in [2.05, 4.69) is 27.7 Å². The Hall–Kier alpha value is -2.65. The molecule has 0 radical (unpaired) electrons. The van der Waals surface area contributed by atoms with Gasteiger partial charge in [0.2, 0.25) is 0 Å². The van der Waals surface area contributed by atoms with Crippen molar-refractivity contribution in [2.24, 2.45) is 28.1 Å². The molecule has 5 heterocycles. The molecule has 0 amide bonds. The van der Waals surface area contributed by atoms with E-state index in [1.807, 2.05) is 36.4 Å². The van der Waals surface area contributed by atoms with Gasteiger partial charge in [0.05, 0.1) is 0 Å². The number of ether oxygens (including phenoxy) is 5. The van der Waals surface area contributed by atoms with Crippen LogP contribution < -0.4 is 4.46 Å². The van der Waals surface area contributed by atoms with Crippen LogP contribution in [0.3, 0.4) is 0 Å². The van der Waals surface area contributed by atoms with Crippen LogP contribution in [0, 0.1) is 28.1 Å². The van der Waals surface area contributed by atoms with E-state index in [0.29, 0.717) is 12.8 Å². The van der Waals surface area contributed by atoms with Crippen molar-refractivity contribution < 1.29 is 42.5 Å². The molecule has 2 saturated carbocycles. The topological polar surface area (TPSA) is 114 Å². The van der Waals surface area contributed by atoms with Crippen LogP contribution in [0.5, 0.6) is 0 Å². The molecule has 4 saturated heterocycles.